The molecule has 0 fully saturated rings. The van der Waals surface area contributed by atoms with Crippen molar-refractivity contribution in [2.75, 3.05) is 0 Å². The SMILES string of the molecule is C[n+]1ccccc1SCc1ccc(F)cc1. The zero-order valence-corrected chi connectivity index (χ0v) is 9.88. The van der Waals surface area contributed by atoms with Crippen LogP contribution in [0.4, 0.5) is 4.39 Å². The summed E-state index contributed by atoms with van der Waals surface area (Å²) in [5, 5.41) is 1.20. The van der Waals surface area contributed by atoms with E-state index in [0.29, 0.717) is 0 Å². The molecule has 1 aromatic heterocycles. The average molecular weight is 234 g/mol. The number of benzene rings is 1. The molecule has 0 saturated carbocycles. The maximum Gasteiger partial charge on any atom is 0.240 e. The quantitative estimate of drug-likeness (QED) is 0.583. The molecule has 0 aliphatic heterocycles. The smallest absolute Gasteiger partial charge is 0.207 e. The third kappa shape index (κ3) is 2.83. The Balaban J connectivity index is 2.02. The molecule has 0 unspecified atom stereocenters. The molecule has 1 nitrogen and oxygen atoms in total. The lowest BCUT2D eigenvalue weighted by Crippen LogP contribution is -2.29. The highest BCUT2D eigenvalue weighted by Gasteiger charge is 2.05. The highest BCUT2D eigenvalue weighted by molar-refractivity contribution is 7.98. The molecule has 16 heavy (non-hydrogen) atoms. The van der Waals surface area contributed by atoms with Gasteiger partial charge in [-0.25, -0.2) is 4.39 Å². The monoisotopic (exact) mass is 234 g/mol. The number of nitrogens with zero attached hydrogens (tertiary/aromatic N) is 1. The van der Waals surface area contributed by atoms with E-state index in [2.05, 4.69) is 10.6 Å². The van der Waals surface area contributed by atoms with Gasteiger partial charge in [-0.05, 0) is 23.8 Å². The molecule has 0 aliphatic carbocycles. The standard InChI is InChI=1S/C13H13FNS/c1-15-9-3-2-4-13(15)16-10-11-5-7-12(14)8-6-11/h2-9H,10H2,1H3/q+1. The number of halogens is 1. The van der Waals surface area contributed by atoms with Gasteiger partial charge in [-0.3, -0.25) is 0 Å². The highest BCUT2D eigenvalue weighted by atomic mass is 32.2. The van der Waals surface area contributed by atoms with E-state index in [1.54, 1.807) is 11.8 Å². The summed E-state index contributed by atoms with van der Waals surface area (Å²) >= 11 is 1.75. The van der Waals surface area contributed by atoms with Gasteiger partial charge in [0.25, 0.3) is 0 Å². The van der Waals surface area contributed by atoms with Crippen LogP contribution in [0.3, 0.4) is 0 Å². The maximum absolute atomic E-state index is 12.7. The fourth-order valence-electron chi connectivity index (χ4n) is 1.40. The minimum absolute atomic E-state index is 0.181. The molecule has 0 N–H and O–H groups in total. The van der Waals surface area contributed by atoms with Crippen molar-refractivity contribution >= 4 is 11.8 Å². The number of aromatic nitrogens is 1. The first-order valence-electron chi connectivity index (χ1n) is 5.07. The summed E-state index contributed by atoms with van der Waals surface area (Å²) in [6.45, 7) is 0. The number of thioether (sulfide) groups is 1. The van der Waals surface area contributed by atoms with E-state index in [-0.39, 0.29) is 5.82 Å². The van der Waals surface area contributed by atoms with Crippen molar-refractivity contribution in [1.29, 1.82) is 0 Å². The number of pyridine rings is 1. The fraction of sp³-hybridized carbons (Fsp3) is 0.154. The molecule has 1 aromatic carbocycles. The van der Waals surface area contributed by atoms with Crippen LogP contribution in [0.5, 0.6) is 0 Å². The molecule has 0 saturated heterocycles. The van der Waals surface area contributed by atoms with E-state index in [1.165, 1.54) is 17.2 Å². The van der Waals surface area contributed by atoms with Crippen LogP contribution in [0, 0.1) is 5.82 Å². The van der Waals surface area contributed by atoms with Crippen LogP contribution in [0.2, 0.25) is 0 Å². The lowest BCUT2D eigenvalue weighted by molar-refractivity contribution is -0.708. The van der Waals surface area contributed by atoms with E-state index in [4.69, 9.17) is 0 Å². The minimum atomic E-state index is -0.181. The summed E-state index contributed by atoms with van der Waals surface area (Å²) in [6.07, 6.45) is 2.02. The lowest BCUT2D eigenvalue weighted by atomic mass is 10.2. The predicted molar refractivity (Wildman–Crippen MR) is 63.6 cm³/mol. The van der Waals surface area contributed by atoms with Gasteiger partial charge in [-0.2, -0.15) is 4.57 Å². The Hall–Kier alpha value is -1.35. The molecule has 0 spiro atoms. The molecule has 82 valence electrons. The van der Waals surface area contributed by atoms with E-state index >= 15 is 0 Å². The third-order valence-electron chi connectivity index (χ3n) is 2.31. The zero-order valence-electron chi connectivity index (χ0n) is 9.06. The maximum atomic E-state index is 12.7. The molecule has 3 heteroatoms. The molecular weight excluding hydrogens is 221 g/mol. The van der Waals surface area contributed by atoms with Gasteiger partial charge in [0, 0.05) is 17.9 Å². The fourth-order valence-corrected chi connectivity index (χ4v) is 2.34. The van der Waals surface area contributed by atoms with Gasteiger partial charge in [0.1, 0.15) is 12.9 Å². The molecule has 0 aliphatic rings. The van der Waals surface area contributed by atoms with Crippen LogP contribution < -0.4 is 4.57 Å². The largest absolute Gasteiger partial charge is 0.240 e. The lowest BCUT2D eigenvalue weighted by Gasteiger charge is -2.00. The average Bonchev–Trinajstić information content (AvgIpc) is 2.30. The van der Waals surface area contributed by atoms with Gasteiger partial charge in [-0.1, -0.05) is 23.9 Å². The van der Waals surface area contributed by atoms with Crippen LogP contribution in [-0.2, 0) is 12.8 Å². The summed E-state index contributed by atoms with van der Waals surface area (Å²) in [5.41, 5.74) is 1.13. The van der Waals surface area contributed by atoms with E-state index < -0.39 is 0 Å². The molecular formula is C13H13FNS+. The molecule has 0 bridgehead atoms. The van der Waals surface area contributed by atoms with Crippen LogP contribution in [0.15, 0.2) is 53.7 Å². The number of hydrogen-bond acceptors (Lipinski definition) is 1. The highest BCUT2D eigenvalue weighted by Crippen LogP contribution is 2.19. The first-order chi connectivity index (χ1) is 7.75. The van der Waals surface area contributed by atoms with Gasteiger partial charge in [-0.15, -0.1) is 0 Å². The first-order valence-corrected chi connectivity index (χ1v) is 6.06. The first kappa shape index (κ1) is 11.1. The minimum Gasteiger partial charge on any atom is -0.207 e. The second-order valence-electron chi connectivity index (χ2n) is 3.56. The Kier molecular flexibility index (Phi) is 3.57. The summed E-state index contributed by atoms with van der Waals surface area (Å²) < 4.78 is 14.8. The zero-order chi connectivity index (χ0) is 11.4. The molecule has 2 aromatic rings. The normalized spacial score (nSPS) is 10.4. The third-order valence-corrected chi connectivity index (χ3v) is 3.50. The van der Waals surface area contributed by atoms with Crippen LogP contribution in [-0.4, -0.2) is 0 Å². The predicted octanol–water partition coefficient (Wildman–Crippen LogP) is 2.94. The van der Waals surface area contributed by atoms with E-state index in [1.807, 2.05) is 37.5 Å². The Morgan fingerprint density at radius 3 is 2.56 bits per heavy atom. The van der Waals surface area contributed by atoms with Gasteiger partial charge >= 0.3 is 0 Å². The van der Waals surface area contributed by atoms with Gasteiger partial charge in [0.2, 0.25) is 5.03 Å². The van der Waals surface area contributed by atoms with Crippen molar-refractivity contribution in [2.24, 2.45) is 7.05 Å². The Bertz CT molecular complexity index is 468. The second-order valence-corrected chi connectivity index (χ2v) is 4.56. The number of aryl methyl sites for hydroxylation is 1. The van der Waals surface area contributed by atoms with Gasteiger partial charge < -0.3 is 0 Å². The van der Waals surface area contributed by atoms with Crippen molar-refractivity contribution < 1.29 is 8.96 Å². The number of hydrogen-bond donors (Lipinski definition) is 0. The molecule has 1 heterocycles. The molecule has 0 amide bonds. The van der Waals surface area contributed by atoms with Crippen molar-refractivity contribution in [2.45, 2.75) is 10.8 Å². The summed E-state index contributed by atoms with van der Waals surface area (Å²) in [7, 11) is 2.02. The Labute approximate surface area is 98.9 Å². The summed E-state index contributed by atoms with van der Waals surface area (Å²) in [6, 6.07) is 12.8. The van der Waals surface area contributed by atoms with Crippen LogP contribution in [0.25, 0.3) is 0 Å². The number of rotatable bonds is 3. The van der Waals surface area contributed by atoms with E-state index in [0.717, 1.165) is 11.3 Å². The van der Waals surface area contributed by atoms with Crippen LogP contribution >= 0.6 is 11.8 Å². The molecule has 0 atom stereocenters. The molecule has 2 rings (SSSR count). The van der Waals surface area contributed by atoms with Gasteiger partial charge in [0.05, 0.1) is 0 Å². The van der Waals surface area contributed by atoms with Crippen molar-refractivity contribution in [3.63, 3.8) is 0 Å². The van der Waals surface area contributed by atoms with Crippen molar-refractivity contribution in [3.8, 4) is 0 Å². The van der Waals surface area contributed by atoms with E-state index in [9.17, 15) is 4.39 Å². The second kappa shape index (κ2) is 5.12. The van der Waals surface area contributed by atoms with Crippen molar-refractivity contribution in [1.82, 2.24) is 0 Å². The topological polar surface area (TPSA) is 3.88 Å². The Morgan fingerprint density at radius 1 is 1.12 bits per heavy atom. The van der Waals surface area contributed by atoms with Crippen LogP contribution in [0.1, 0.15) is 5.56 Å². The summed E-state index contributed by atoms with van der Waals surface area (Å²) in [5.74, 6) is 0.678. The van der Waals surface area contributed by atoms with Crippen molar-refractivity contribution in [3.05, 3.63) is 60.0 Å². The van der Waals surface area contributed by atoms with Gasteiger partial charge in [0.15, 0.2) is 6.20 Å². The Morgan fingerprint density at radius 2 is 1.88 bits per heavy atom. The molecule has 0 radical (unpaired) electrons. The summed E-state index contributed by atoms with van der Waals surface area (Å²) in [4.78, 5) is 0.